The molecule has 0 spiro atoms. The van der Waals surface area contributed by atoms with Crippen molar-refractivity contribution in [2.75, 3.05) is 39.4 Å². The second-order valence-electron chi connectivity index (χ2n) is 8.30. The Morgan fingerprint density at radius 1 is 0.559 bits per heavy atom. The first kappa shape index (κ1) is 28.4. The largest absolute Gasteiger partial charge is 0.396 e. The highest BCUT2D eigenvalue weighted by molar-refractivity contribution is 7.89. The van der Waals surface area contributed by atoms with E-state index in [2.05, 4.69) is 0 Å². The Balaban J connectivity index is 2.08. The van der Waals surface area contributed by atoms with E-state index < -0.39 is 20.0 Å². The maximum Gasteiger partial charge on any atom is 0.243 e. The lowest BCUT2D eigenvalue weighted by atomic mass is 10.2. The van der Waals surface area contributed by atoms with Crippen LogP contribution in [0.4, 0.5) is 0 Å². The molecule has 0 aliphatic carbocycles. The van der Waals surface area contributed by atoms with E-state index in [9.17, 15) is 27.0 Å². The zero-order valence-electron chi connectivity index (χ0n) is 19.9. The van der Waals surface area contributed by atoms with Gasteiger partial charge in [0, 0.05) is 39.4 Å². The summed E-state index contributed by atoms with van der Waals surface area (Å²) in [4.78, 5) is 0.394. The van der Waals surface area contributed by atoms with Crippen molar-refractivity contribution in [3.63, 3.8) is 0 Å². The van der Waals surface area contributed by atoms with Gasteiger partial charge < -0.3 is 10.2 Å². The molecule has 0 aliphatic rings. The van der Waals surface area contributed by atoms with Crippen molar-refractivity contribution in [2.45, 2.75) is 49.3 Å². The minimum Gasteiger partial charge on any atom is -0.396 e. The van der Waals surface area contributed by atoms with Gasteiger partial charge >= 0.3 is 0 Å². The van der Waals surface area contributed by atoms with Crippen molar-refractivity contribution in [2.24, 2.45) is 0 Å². The maximum atomic E-state index is 13.1. The lowest BCUT2D eigenvalue weighted by Gasteiger charge is -2.24. The van der Waals surface area contributed by atoms with Gasteiger partial charge in [0.2, 0.25) is 20.0 Å². The van der Waals surface area contributed by atoms with E-state index in [0.29, 0.717) is 25.7 Å². The molecule has 34 heavy (non-hydrogen) atoms. The van der Waals surface area contributed by atoms with Crippen LogP contribution in [-0.4, -0.2) is 75.1 Å². The van der Waals surface area contributed by atoms with Crippen LogP contribution in [0.2, 0.25) is 0 Å². The molecule has 0 amide bonds. The summed E-state index contributed by atoms with van der Waals surface area (Å²) in [5, 5.41) is 18.4. The number of hydrogen-bond donors (Lipinski definition) is 2. The summed E-state index contributed by atoms with van der Waals surface area (Å²) in [6.07, 6.45) is 1.54. The predicted molar refractivity (Wildman–Crippen MR) is 133 cm³/mol. The third-order valence-corrected chi connectivity index (χ3v) is 9.34. The number of rotatable bonds is 15. The van der Waals surface area contributed by atoms with Crippen molar-refractivity contribution in [1.82, 2.24) is 8.61 Å². The number of nitrogens with zero attached hydrogens (tertiary/aromatic N) is 2. The molecule has 0 radical (unpaired) electrons. The first-order chi connectivity index (χ1) is 16.1. The Morgan fingerprint density at radius 2 is 0.853 bits per heavy atom. The first-order valence-corrected chi connectivity index (χ1v) is 14.4. The second-order valence-corrected chi connectivity index (χ2v) is 12.2. The van der Waals surface area contributed by atoms with Gasteiger partial charge in [-0.15, -0.1) is 0 Å². The van der Waals surface area contributed by atoms with Crippen LogP contribution >= 0.6 is 0 Å². The van der Waals surface area contributed by atoms with Gasteiger partial charge in [-0.25, -0.2) is 16.8 Å². The summed E-state index contributed by atoms with van der Waals surface area (Å²) >= 11 is 0. The topological polar surface area (TPSA) is 115 Å². The molecule has 0 fully saturated rings. The predicted octanol–water partition coefficient (Wildman–Crippen LogP) is 2.53. The van der Waals surface area contributed by atoms with E-state index in [4.69, 9.17) is 0 Å². The molecule has 0 saturated heterocycles. The molecule has 2 aromatic carbocycles. The lowest BCUT2D eigenvalue weighted by Crippen LogP contribution is -2.35. The fourth-order valence-electron chi connectivity index (χ4n) is 3.49. The van der Waals surface area contributed by atoms with Crippen LogP contribution in [0.5, 0.6) is 0 Å². The Kier molecular flexibility index (Phi) is 11.1. The number of unbranched alkanes of at least 4 members (excludes halogenated alkanes) is 1. The Bertz CT molecular complexity index is 996. The zero-order valence-corrected chi connectivity index (χ0v) is 21.6. The van der Waals surface area contributed by atoms with Crippen molar-refractivity contribution >= 4 is 20.0 Å². The molecule has 0 heterocycles. The van der Waals surface area contributed by atoms with Gasteiger partial charge in [-0.2, -0.15) is 8.61 Å². The number of benzene rings is 2. The van der Waals surface area contributed by atoms with Gasteiger partial charge in [0.1, 0.15) is 0 Å². The molecular weight excluding hydrogens is 476 g/mol. The van der Waals surface area contributed by atoms with E-state index in [1.807, 2.05) is 13.8 Å². The molecule has 10 heteroatoms. The highest BCUT2D eigenvalue weighted by Crippen LogP contribution is 2.20. The SMILES string of the molecule is Cc1ccc(S(=O)(=O)N(CCCO)CCCCN(CCCO)S(=O)(=O)c2ccc(C)cc2)cc1. The highest BCUT2D eigenvalue weighted by atomic mass is 32.2. The first-order valence-electron chi connectivity index (χ1n) is 11.5. The molecule has 2 aromatic rings. The molecule has 2 N–H and O–H groups in total. The molecule has 0 saturated carbocycles. The number of sulfonamides is 2. The minimum atomic E-state index is -3.72. The molecule has 0 unspecified atom stereocenters. The Morgan fingerprint density at radius 3 is 1.15 bits per heavy atom. The van der Waals surface area contributed by atoms with E-state index in [1.54, 1.807) is 48.5 Å². The summed E-state index contributed by atoms with van der Waals surface area (Å²) in [6, 6.07) is 13.3. The van der Waals surface area contributed by atoms with Crippen LogP contribution in [0.1, 0.15) is 36.8 Å². The third-order valence-electron chi connectivity index (χ3n) is 5.51. The molecular formula is C24H36N2O6S2. The van der Waals surface area contributed by atoms with Gasteiger partial charge in [0.05, 0.1) is 9.79 Å². The molecule has 0 bridgehead atoms. The van der Waals surface area contributed by atoms with Crippen molar-refractivity contribution < 1.29 is 27.0 Å². The van der Waals surface area contributed by atoms with Crippen molar-refractivity contribution in [1.29, 1.82) is 0 Å². The van der Waals surface area contributed by atoms with Gasteiger partial charge in [-0.1, -0.05) is 35.4 Å². The average Bonchev–Trinajstić information content (AvgIpc) is 2.80. The van der Waals surface area contributed by atoms with E-state index in [-0.39, 0.29) is 49.2 Å². The zero-order chi connectivity index (χ0) is 25.2. The van der Waals surface area contributed by atoms with Gasteiger partial charge in [-0.05, 0) is 63.8 Å². The van der Waals surface area contributed by atoms with E-state index in [0.717, 1.165) is 11.1 Å². The standard InChI is InChI=1S/C24H36N2O6S2/c1-21-7-11-23(12-8-21)33(29,30)25(17-5-19-27)15-3-4-16-26(18-6-20-28)34(31,32)24-13-9-22(2)10-14-24/h7-14,27-28H,3-6,15-20H2,1-2H3. The molecule has 0 atom stereocenters. The Hall–Kier alpha value is -1.82. The summed E-state index contributed by atoms with van der Waals surface area (Å²) in [5.74, 6) is 0. The minimum absolute atomic E-state index is 0.121. The monoisotopic (exact) mass is 512 g/mol. The van der Waals surface area contributed by atoms with Crippen molar-refractivity contribution in [3.8, 4) is 0 Å². The van der Waals surface area contributed by atoms with Crippen LogP contribution in [0, 0.1) is 13.8 Å². The third kappa shape index (κ3) is 7.86. The van der Waals surface area contributed by atoms with Crippen LogP contribution in [0.25, 0.3) is 0 Å². The van der Waals surface area contributed by atoms with Crippen LogP contribution < -0.4 is 0 Å². The van der Waals surface area contributed by atoms with Crippen LogP contribution in [0.15, 0.2) is 58.3 Å². The normalized spacial score (nSPS) is 12.5. The number of aliphatic hydroxyl groups is 2. The summed E-state index contributed by atoms with van der Waals surface area (Å²) in [5.41, 5.74) is 1.91. The fourth-order valence-corrected chi connectivity index (χ4v) is 6.53. The van der Waals surface area contributed by atoms with Crippen molar-refractivity contribution in [3.05, 3.63) is 59.7 Å². The highest BCUT2D eigenvalue weighted by Gasteiger charge is 2.26. The summed E-state index contributed by atoms with van der Waals surface area (Å²) in [7, 11) is -7.45. The molecule has 0 aromatic heterocycles. The molecule has 190 valence electrons. The summed E-state index contributed by atoms with van der Waals surface area (Å²) < 4.78 is 55.1. The molecule has 8 nitrogen and oxygen atoms in total. The maximum absolute atomic E-state index is 13.1. The van der Waals surface area contributed by atoms with Gasteiger partial charge in [-0.3, -0.25) is 0 Å². The average molecular weight is 513 g/mol. The smallest absolute Gasteiger partial charge is 0.243 e. The number of hydrogen-bond acceptors (Lipinski definition) is 6. The lowest BCUT2D eigenvalue weighted by molar-refractivity contribution is 0.262. The van der Waals surface area contributed by atoms with Crippen LogP contribution in [-0.2, 0) is 20.0 Å². The molecule has 0 aliphatic heterocycles. The van der Waals surface area contributed by atoms with Gasteiger partial charge in [0.25, 0.3) is 0 Å². The number of aryl methyl sites for hydroxylation is 2. The quantitative estimate of drug-likeness (QED) is 0.355. The Labute approximate surface area is 203 Å². The summed E-state index contributed by atoms with van der Waals surface area (Å²) in [6.45, 7) is 4.32. The fraction of sp³-hybridized carbons (Fsp3) is 0.500. The number of aliphatic hydroxyl groups excluding tert-OH is 2. The van der Waals surface area contributed by atoms with Crippen LogP contribution in [0.3, 0.4) is 0 Å². The van der Waals surface area contributed by atoms with Gasteiger partial charge in [0.15, 0.2) is 0 Å². The second kappa shape index (κ2) is 13.3. The van der Waals surface area contributed by atoms with E-state index in [1.165, 1.54) is 8.61 Å². The van der Waals surface area contributed by atoms with E-state index >= 15 is 0 Å². The molecule has 2 rings (SSSR count).